The molecule has 2 fully saturated rings. The van der Waals surface area contributed by atoms with Crippen LogP contribution in [0.2, 0.25) is 5.02 Å². The van der Waals surface area contributed by atoms with Gasteiger partial charge in [-0.05, 0) is 55.0 Å². The van der Waals surface area contributed by atoms with Crippen LogP contribution in [0.1, 0.15) is 30.4 Å². The summed E-state index contributed by atoms with van der Waals surface area (Å²) in [5.41, 5.74) is -1.49. The van der Waals surface area contributed by atoms with Crippen molar-refractivity contribution in [1.29, 1.82) is 0 Å². The highest BCUT2D eigenvalue weighted by molar-refractivity contribution is 7.22. The molecule has 0 aliphatic carbocycles. The van der Waals surface area contributed by atoms with E-state index >= 15 is 0 Å². The zero-order valence-electron chi connectivity index (χ0n) is 19.1. The molecule has 2 aromatic carbocycles. The number of benzene rings is 2. The lowest BCUT2D eigenvalue weighted by atomic mass is 9.78. The Hall–Kier alpha value is -2.76. The van der Waals surface area contributed by atoms with Crippen molar-refractivity contribution in [3.8, 4) is 0 Å². The molecule has 0 saturated carbocycles. The number of rotatable bonds is 4. The average Bonchev–Trinajstić information content (AvgIpc) is 3.21. The van der Waals surface area contributed by atoms with Gasteiger partial charge in [0.25, 0.3) is 11.2 Å². The molecule has 0 amide bonds. The van der Waals surface area contributed by atoms with Crippen molar-refractivity contribution in [2.45, 2.75) is 32.0 Å². The number of halogens is 4. The second kappa shape index (κ2) is 9.28. The van der Waals surface area contributed by atoms with Gasteiger partial charge in [0.2, 0.25) is 0 Å². The van der Waals surface area contributed by atoms with Crippen molar-refractivity contribution >= 4 is 43.8 Å². The smallest absolute Gasteiger partial charge is 0.348 e. The van der Waals surface area contributed by atoms with Crippen molar-refractivity contribution in [2.75, 3.05) is 31.1 Å². The first-order valence-electron chi connectivity index (χ1n) is 11.5. The van der Waals surface area contributed by atoms with Crippen LogP contribution in [-0.2, 0) is 12.7 Å². The van der Waals surface area contributed by atoms with Gasteiger partial charge in [0.15, 0.2) is 5.13 Å². The normalized spacial score (nSPS) is 18.3. The first-order chi connectivity index (χ1) is 17.0. The van der Waals surface area contributed by atoms with Crippen molar-refractivity contribution in [2.24, 2.45) is 5.41 Å². The number of nitro groups is 1. The minimum atomic E-state index is -4.81. The van der Waals surface area contributed by atoms with E-state index in [1.54, 1.807) is 0 Å². The quantitative estimate of drug-likeness (QED) is 0.312. The number of hydrogen-bond acceptors (Lipinski definition) is 7. The Morgan fingerprint density at radius 2 is 1.78 bits per heavy atom. The van der Waals surface area contributed by atoms with E-state index in [4.69, 9.17) is 11.6 Å². The molecule has 0 bridgehead atoms. The standard InChI is InChI=1S/C24H22ClF3N4O3S/c25-17-3-1-15(2-4-17)13-30-8-5-23(14-30)6-9-31(10-7-23)22-29-21(33)18-11-16(24(26,27)28)12-19(32(34)35)20(18)36-22/h1-4,11-12H,5-10,13-14H2. The summed E-state index contributed by atoms with van der Waals surface area (Å²) in [5.74, 6) is 0. The summed E-state index contributed by atoms with van der Waals surface area (Å²) in [6.07, 6.45) is -2.00. The van der Waals surface area contributed by atoms with Gasteiger partial charge >= 0.3 is 6.18 Å². The molecule has 2 aliphatic rings. The van der Waals surface area contributed by atoms with E-state index in [1.807, 2.05) is 29.2 Å². The van der Waals surface area contributed by atoms with E-state index in [-0.39, 0.29) is 15.5 Å². The van der Waals surface area contributed by atoms with Gasteiger partial charge < -0.3 is 4.90 Å². The van der Waals surface area contributed by atoms with Crippen LogP contribution in [0.25, 0.3) is 10.1 Å². The maximum Gasteiger partial charge on any atom is 0.416 e. The molecule has 3 heterocycles. The number of piperidine rings is 1. The second-order valence-corrected chi connectivity index (χ2v) is 10.9. The highest BCUT2D eigenvalue weighted by atomic mass is 35.5. The van der Waals surface area contributed by atoms with Crippen LogP contribution < -0.4 is 10.5 Å². The zero-order chi connectivity index (χ0) is 25.7. The fourth-order valence-corrected chi connectivity index (χ4v) is 6.41. The Labute approximate surface area is 213 Å². The molecule has 1 spiro atoms. The molecule has 12 heteroatoms. The summed E-state index contributed by atoms with van der Waals surface area (Å²) >= 11 is 6.88. The number of fused-ring (bicyclic) bond motifs is 1. The molecule has 2 saturated heterocycles. The molecule has 0 atom stereocenters. The number of likely N-dealkylation sites (tertiary alicyclic amines) is 1. The third-order valence-corrected chi connectivity index (χ3v) is 8.56. The fourth-order valence-electron chi connectivity index (χ4n) is 5.17. The van der Waals surface area contributed by atoms with Crippen LogP contribution in [-0.4, -0.2) is 41.0 Å². The highest BCUT2D eigenvalue weighted by Gasteiger charge is 2.41. The van der Waals surface area contributed by atoms with Gasteiger partial charge in [0.05, 0.1) is 15.9 Å². The molecular formula is C24H22ClF3N4O3S. The topological polar surface area (TPSA) is 79.6 Å². The Morgan fingerprint density at radius 1 is 1.11 bits per heavy atom. The summed E-state index contributed by atoms with van der Waals surface area (Å²) in [6, 6.07) is 8.97. The number of non-ortho nitro benzene ring substituents is 1. The van der Waals surface area contributed by atoms with Crippen LogP contribution in [0.3, 0.4) is 0 Å². The first kappa shape index (κ1) is 24.9. The van der Waals surface area contributed by atoms with Gasteiger partial charge in [0.1, 0.15) is 4.70 Å². The van der Waals surface area contributed by atoms with Gasteiger partial charge in [-0.25, -0.2) is 0 Å². The van der Waals surface area contributed by atoms with Gasteiger partial charge in [-0.2, -0.15) is 18.2 Å². The predicted molar refractivity (Wildman–Crippen MR) is 133 cm³/mol. The lowest BCUT2D eigenvalue weighted by Gasteiger charge is -2.39. The molecule has 1 aromatic heterocycles. The fraction of sp³-hybridized carbons (Fsp3) is 0.417. The van der Waals surface area contributed by atoms with E-state index in [0.717, 1.165) is 50.2 Å². The van der Waals surface area contributed by atoms with Gasteiger partial charge in [0, 0.05) is 37.3 Å². The summed E-state index contributed by atoms with van der Waals surface area (Å²) in [6.45, 7) is 4.03. The zero-order valence-corrected chi connectivity index (χ0v) is 20.6. The highest BCUT2D eigenvalue weighted by Crippen LogP contribution is 2.43. The largest absolute Gasteiger partial charge is 0.416 e. The van der Waals surface area contributed by atoms with E-state index in [1.165, 1.54) is 5.56 Å². The van der Waals surface area contributed by atoms with E-state index in [2.05, 4.69) is 9.88 Å². The third-order valence-electron chi connectivity index (χ3n) is 7.15. The Kier molecular flexibility index (Phi) is 6.42. The average molecular weight is 539 g/mol. The molecule has 0 radical (unpaired) electrons. The summed E-state index contributed by atoms with van der Waals surface area (Å²) in [4.78, 5) is 31.7. The molecule has 3 aromatic rings. The van der Waals surface area contributed by atoms with Crippen molar-refractivity contribution in [3.63, 3.8) is 0 Å². The van der Waals surface area contributed by atoms with Crippen molar-refractivity contribution in [3.05, 3.63) is 73.0 Å². The summed E-state index contributed by atoms with van der Waals surface area (Å²) in [7, 11) is 0. The number of aromatic nitrogens is 1. The van der Waals surface area contributed by atoms with E-state index in [0.29, 0.717) is 35.4 Å². The predicted octanol–water partition coefficient (Wildman–Crippen LogP) is 5.73. The maximum absolute atomic E-state index is 13.2. The Bertz CT molecular complexity index is 1370. The van der Waals surface area contributed by atoms with Crippen LogP contribution >= 0.6 is 22.9 Å². The van der Waals surface area contributed by atoms with Crippen LogP contribution in [0.15, 0.2) is 41.2 Å². The lowest BCUT2D eigenvalue weighted by molar-refractivity contribution is -0.383. The van der Waals surface area contributed by atoms with Crippen LogP contribution in [0, 0.1) is 15.5 Å². The molecule has 0 N–H and O–H groups in total. The number of anilines is 1. The van der Waals surface area contributed by atoms with Crippen molar-refractivity contribution in [1.82, 2.24) is 9.88 Å². The second-order valence-electron chi connectivity index (χ2n) is 9.50. The first-order valence-corrected chi connectivity index (χ1v) is 12.6. The summed E-state index contributed by atoms with van der Waals surface area (Å²) < 4.78 is 39.6. The van der Waals surface area contributed by atoms with Crippen LogP contribution in [0.5, 0.6) is 0 Å². The number of hydrogen-bond donors (Lipinski definition) is 0. The molecule has 0 unspecified atom stereocenters. The third kappa shape index (κ3) is 4.91. The number of nitro benzene ring substituents is 1. The number of nitrogens with zero attached hydrogens (tertiary/aromatic N) is 4. The maximum atomic E-state index is 13.2. The SMILES string of the molecule is O=c1nc(N2CCC3(CCN(Cc4ccc(Cl)cc4)C3)CC2)sc2c([N+](=O)[O-])cc(C(F)(F)F)cc12. The lowest BCUT2D eigenvalue weighted by Crippen LogP contribution is -2.42. The minimum Gasteiger partial charge on any atom is -0.348 e. The molecule has 36 heavy (non-hydrogen) atoms. The van der Waals surface area contributed by atoms with Crippen molar-refractivity contribution < 1.29 is 18.1 Å². The van der Waals surface area contributed by atoms with E-state index < -0.39 is 27.9 Å². The monoisotopic (exact) mass is 538 g/mol. The molecule has 2 aliphatic heterocycles. The van der Waals surface area contributed by atoms with Gasteiger partial charge in [-0.3, -0.25) is 19.8 Å². The van der Waals surface area contributed by atoms with Gasteiger partial charge in [-0.1, -0.05) is 35.1 Å². The van der Waals surface area contributed by atoms with Gasteiger partial charge in [-0.15, -0.1) is 0 Å². The minimum absolute atomic E-state index is 0.0849. The Morgan fingerprint density at radius 3 is 2.42 bits per heavy atom. The van der Waals surface area contributed by atoms with E-state index in [9.17, 15) is 28.1 Å². The molecule has 190 valence electrons. The molecule has 7 nitrogen and oxygen atoms in total. The summed E-state index contributed by atoms with van der Waals surface area (Å²) in [5, 5.41) is 12.2. The number of alkyl halides is 3. The molecular weight excluding hydrogens is 517 g/mol. The van der Waals surface area contributed by atoms with Crippen LogP contribution in [0.4, 0.5) is 24.0 Å². The Balaban J connectivity index is 1.33. The molecule has 5 rings (SSSR count).